The van der Waals surface area contributed by atoms with Crippen LogP contribution < -0.4 is 0 Å². The molecule has 0 saturated heterocycles. The van der Waals surface area contributed by atoms with Crippen LogP contribution in [0, 0.1) is 18.8 Å². The Balaban J connectivity index is 2.14. The molecule has 19 heavy (non-hydrogen) atoms. The molecule has 3 nitrogen and oxygen atoms in total. The third kappa shape index (κ3) is 3.36. The minimum Gasteiger partial charge on any atom is -0.395 e. The number of aliphatic hydroxyl groups excluding tert-OH is 1. The average Bonchev–Trinajstić information content (AvgIpc) is 3.23. The van der Waals surface area contributed by atoms with Gasteiger partial charge in [0.15, 0.2) is 0 Å². The lowest BCUT2D eigenvalue weighted by molar-refractivity contribution is 0.0785. The number of nitrogens with zero attached hydrogens (tertiary/aromatic N) is 1. The predicted molar refractivity (Wildman–Crippen MR) is 74.9 cm³/mol. The fraction of sp³-hybridized carbons (Fsp3) is 0.438. The van der Waals surface area contributed by atoms with Gasteiger partial charge in [0.25, 0.3) is 5.91 Å². The van der Waals surface area contributed by atoms with E-state index >= 15 is 0 Å². The summed E-state index contributed by atoms with van der Waals surface area (Å²) in [5, 5.41) is 8.70. The minimum absolute atomic E-state index is 0.0782. The zero-order chi connectivity index (χ0) is 13.8. The number of carbonyl (C=O) groups excluding carboxylic acids is 1. The number of benzene rings is 1. The standard InChI is InChI=1S/C16H19NO2/c1-12-11-14(16(19)17(2)15-8-9-15)7-6-13(12)5-3-4-10-18/h6-7,11,15,18H,4,8-10H2,1-2H3. The molecule has 0 atom stereocenters. The van der Waals surface area contributed by atoms with Crippen molar-refractivity contribution in [3.63, 3.8) is 0 Å². The van der Waals surface area contributed by atoms with Crippen LogP contribution in [0.25, 0.3) is 0 Å². The molecule has 100 valence electrons. The number of hydrogen-bond acceptors (Lipinski definition) is 2. The first-order chi connectivity index (χ1) is 9.13. The lowest BCUT2D eigenvalue weighted by Crippen LogP contribution is -2.28. The molecule has 0 radical (unpaired) electrons. The first-order valence-corrected chi connectivity index (χ1v) is 6.61. The van der Waals surface area contributed by atoms with Crippen LogP contribution in [0.15, 0.2) is 18.2 Å². The molecule has 1 fully saturated rings. The Hall–Kier alpha value is -1.79. The third-order valence-corrected chi connectivity index (χ3v) is 3.35. The van der Waals surface area contributed by atoms with Gasteiger partial charge in [0.2, 0.25) is 0 Å². The summed E-state index contributed by atoms with van der Waals surface area (Å²) < 4.78 is 0. The first kappa shape index (κ1) is 13.6. The van der Waals surface area contributed by atoms with Crippen molar-refractivity contribution in [2.75, 3.05) is 13.7 Å². The summed E-state index contributed by atoms with van der Waals surface area (Å²) in [6.45, 7) is 2.03. The number of carbonyl (C=O) groups is 1. The Kier molecular flexibility index (Phi) is 4.24. The smallest absolute Gasteiger partial charge is 0.253 e. The van der Waals surface area contributed by atoms with Crippen molar-refractivity contribution in [3.05, 3.63) is 34.9 Å². The quantitative estimate of drug-likeness (QED) is 0.841. The largest absolute Gasteiger partial charge is 0.395 e. The number of rotatable bonds is 3. The van der Waals surface area contributed by atoms with Crippen molar-refractivity contribution in [3.8, 4) is 11.8 Å². The van der Waals surface area contributed by atoms with Crippen LogP contribution >= 0.6 is 0 Å². The second-order valence-corrected chi connectivity index (χ2v) is 4.95. The van der Waals surface area contributed by atoms with Crippen molar-refractivity contribution in [1.29, 1.82) is 0 Å². The van der Waals surface area contributed by atoms with Gasteiger partial charge >= 0.3 is 0 Å². The molecule has 0 heterocycles. The summed E-state index contributed by atoms with van der Waals surface area (Å²) in [5.74, 6) is 5.99. The molecule has 1 aromatic rings. The summed E-state index contributed by atoms with van der Waals surface area (Å²) in [6, 6.07) is 6.03. The lowest BCUT2D eigenvalue weighted by Gasteiger charge is -2.16. The summed E-state index contributed by atoms with van der Waals surface area (Å²) in [5.41, 5.74) is 2.64. The Morgan fingerprint density at radius 3 is 2.79 bits per heavy atom. The van der Waals surface area contributed by atoms with Crippen LogP contribution in [0.2, 0.25) is 0 Å². The normalized spacial score (nSPS) is 13.6. The predicted octanol–water partition coefficient (Wildman–Crippen LogP) is 1.96. The van der Waals surface area contributed by atoms with Gasteiger partial charge in [-0.05, 0) is 43.5 Å². The Morgan fingerprint density at radius 1 is 1.47 bits per heavy atom. The van der Waals surface area contributed by atoms with E-state index in [1.165, 1.54) is 0 Å². The van der Waals surface area contributed by atoms with Crippen LogP contribution in [0.1, 0.15) is 40.7 Å². The minimum atomic E-state index is 0.0782. The molecule has 0 unspecified atom stereocenters. The van der Waals surface area contributed by atoms with Crippen molar-refractivity contribution < 1.29 is 9.90 Å². The van der Waals surface area contributed by atoms with E-state index in [9.17, 15) is 4.79 Å². The fourth-order valence-corrected chi connectivity index (χ4v) is 1.98. The molecule has 1 aromatic carbocycles. The monoisotopic (exact) mass is 257 g/mol. The van der Waals surface area contributed by atoms with E-state index in [0.29, 0.717) is 12.5 Å². The summed E-state index contributed by atoms with van der Waals surface area (Å²) in [7, 11) is 1.87. The second-order valence-electron chi connectivity index (χ2n) is 4.95. The number of amides is 1. The fourth-order valence-electron chi connectivity index (χ4n) is 1.98. The maximum atomic E-state index is 12.2. The van der Waals surface area contributed by atoms with E-state index in [-0.39, 0.29) is 12.5 Å². The Bertz CT molecular complexity index is 535. The van der Waals surface area contributed by atoms with E-state index in [1.807, 2.05) is 37.1 Å². The molecule has 0 bridgehead atoms. The van der Waals surface area contributed by atoms with Crippen molar-refractivity contribution in [1.82, 2.24) is 4.90 Å². The molecule has 1 saturated carbocycles. The highest BCUT2D eigenvalue weighted by Crippen LogP contribution is 2.26. The Morgan fingerprint density at radius 2 is 2.21 bits per heavy atom. The number of hydrogen-bond donors (Lipinski definition) is 1. The third-order valence-electron chi connectivity index (χ3n) is 3.35. The van der Waals surface area contributed by atoms with Crippen molar-refractivity contribution in [2.24, 2.45) is 0 Å². The first-order valence-electron chi connectivity index (χ1n) is 6.61. The highest BCUT2D eigenvalue weighted by Gasteiger charge is 2.30. The molecular weight excluding hydrogens is 238 g/mol. The van der Waals surface area contributed by atoms with Gasteiger partial charge in [0.05, 0.1) is 6.61 Å². The van der Waals surface area contributed by atoms with Crippen LogP contribution in [0.3, 0.4) is 0 Å². The van der Waals surface area contributed by atoms with Gasteiger partial charge in [-0.2, -0.15) is 0 Å². The maximum Gasteiger partial charge on any atom is 0.253 e. The number of aryl methyl sites for hydroxylation is 1. The highest BCUT2D eigenvalue weighted by atomic mass is 16.2. The van der Waals surface area contributed by atoms with Crippen LogP contribution in [-0.4, -0.2) is 35.6 Å². The molecule has 1 aliphatic carbocycles. The lowest BCUT2D eigenvalue weighted by atomic mass is 10.0. The number of aliphatic hydroxyl groups is 1. The summed E-state index contributed by atoms with van der Waals surface area (Å²) in [6.07, 6.45) is 2.71. The molecule has 1 N–H and O–H groups in total. The van der Waals surface area contributed by atoms with Crippen LogP contribution in [0.4, 0.5) is 0 Å². The molecule has 0 spiro atoms. The second kappa shape index (κ2) is 5.90. The molecule has 2 rings (SSSR count). The Labute approximate surface area is 114 Å². The summed E-state index contributed by atoms with van der Waals surface area (Å²) >= 11 is 0. The molecule has 0 aromatic heterocycles. The topological polar surface area (TPSA) is 40.5 Å². The molecular formula is C16H19NO2. The summed E-state index contributed by atoms with van der Waals surface area (Å²) in [4.78, 5) is 14.0. The van der Waals surface area contributed by atoms with Gasteiger partial charge in [-0.25, -0.2) is 0 Å². The van der Waals surface area contributed by atoms with Crippen molar-refractivity contribution in [2.45, 2.75) is 32.2 Å². The van der Waals surface area contributed by atoms with Crippen molar-refractivity contribution >= 4 is 5.91 Å². The molecule has 1 aliphatic rings. The van der Waals surface area contributed by atoms with Gasteiger partial charge in [0, 0.05) is 30.6 Å². The molecule has 1 amide bonds. The van der Waals surface area contributed by atoms with E-state index < -0.39 is 0 Å². The van der Waals surface area contributed by atoms with Gasteiger partial charge in [0.1, 0.15) is 0 Å². The molecule has 0 aliphatic heterocycles. The van der Waals surface area contributed by atoms with Gasteiger partial charge in [-0.3, -0.25) is 4.79 Å². The van der Waals surface area contributed by atoms with E-state index in [1.54, 1.807) is 0 Å². The average molecular weight is 257 g/mol. The zero-order valence-corrected chi connectivity index (χ0v) is 11.4. The van der Waals surface area contributed by atoms with Crippen LogP contribution in [-0.2, 0) is 0 Å². The van der Waals surface area contributed by atoms with Gasteiger partial charge in [-0.1, -0.05) is 11.8 Å². The van der Waals surface area contributed by atoms with E-state index in [2.05, 4.69) is 11.8 Å². The zero-order valence-electron chi connectivity index (χ0n) is 11.4. The maximum absolute atomic E-state index is 12.2. The highest BCUT2D eigenvalue weighted by molar-refractivity contribution is 5.94. The van der Waals surface area contributed by atoms with E-state index in [4.69, 9.17) is 5.11 Å². The molecule has 3 heteroatoms. The van der Waals surface area contributed by atoms with E-state index in [0.717, 1.165) is 29.5 Å². The van der Waals surface area contributed by atoms with Gasteiger partial charge in [-0.15, -0.1) is 0 Å². The van der Waals surface area contributed by atoms with Crippen LogP contribution in [0.5, 0.6) is 0 Å². The SMILES string of the molecule is Cc1cc(C(=O)N(C)C2CC2)ccc1C#CCCO. The van der Waals surface area contributed by atoms with Gasteiger partial charge < -0.3 is 10.0 Å².